The standard InChI is InChI=1S/C50H80N12O5/c1-8-17-43(56-48(65)44(18-9-2)55-46(63)36-61-31-29-59(12-5)27-25-58(11-4)26-28-60(13-6)30-32-61)47(64)51-23-16-24-62-34-38-33-37(21-22-40(38)52-39(10-3)50(62)67)49(66)57(7)35-45-53-41-19-14-15-20-42(41)54-45/h14-15,19-22,33,39,43-44,52H,8-13,16-18,23-32,34-36H2,1-7H3,(H,51,64)(H,53,54)(H,55,63)(H,56,65)/t39?,43-,44-/m0/s1. The van der Waals surface area contributed by atoms with E-state index in [1.54, 1.807) is 22.9 Å². The zero-order valence-corrected chi connectivity index (χ0v) is 41.5. The minimum Gasteiger partial charge on any atom is -0.373 e. The summed E-state index contributed by atoms with van der Waals surface area (Å²) < 4.78 is 0. The van der Waals surface area contributed by atoms with E-state index in [1.165, 1.54) is 0 Å². The van der Waals surface area contributed by atoms with Crippen molar-refractivity contribution in [3.8, 4) is 0 Å². The molecule has 1 aromatic heterocycles. The molecule has 0 saturated carbocycles. The number of rotatable bonds is 21. The van der Waals surface area contributed by atoms with Gasteiger partial charge in [-0.3, -0.25) is 28.9 Å². The minimum absolute atomic E-state index is 0.0440. The van der Waals surface area contributed by atoms with E-state index in [9.17, 15) is 24.0 Å². The molecule has 370 valence electrons. The topological polar surface area (TPSA) is 182 Å². The molecule has 3 aromatic rings. The summed E-state index contributed by atoms with van der Waals surface area (Å²) in [7, 11) is 1.75. The SMILES string of the molecule is CCC[C@H](NC(=O)CN1CCN(CC)CCN(CC)CCN(CC)CC1)C(=O)N[C@@H](CCC)C(=O)NCCCN1Cc2cc(C(=O)N(C)Cc3nc4ccccc4[nH]3)ccc2NC(CC)C1=O. The fourth-order valence-corrected chi connectivity index (χ4v) is 8.94. The lowest BCUT2D eigenvalue weighted by atomic mass is 10.1. The van der Waals surface area contributed by atoms with Crippen LogP contribution in [0, 0.1) is 0 Å². The van der Waals surface area contributed by atoms with Gasteiger partial charge in [0.2, 0.25) is 23.6 Å². The number of hydrogen-bond acceptors (Lipinski definition) is 11. The number of carbonyl (C=O) groups is 5. The van der Waals surface area contributed by atoms with Crippen LogP contribution in [-0.4, -0.2) is 186 Å². The monoisotopic (exact) mass is 929 g/mol. The van der Waals surface area contributed by atoms with Crippen molar-refractivity contribution in [3.05, 3.63) is 59.4 Å². The number of nitrogens with one attached hydrogen (secondary N) is 5. The van der Waals surface area contributed by atoms with E-state index in [0.717, 1.165) is 94.3 Å². The Labute approximate surface area is 399 Å². The summed E-state index contributed by atoms with van der Waals surface area (Å²) in [6, 6.07) is 11.3. The predicted octanol–water partition coefficient (Wildman–Crippen LogP) is 3.73. The van der Waals surface area contributed by atoms with Gasteiger partial charge in [-0.25, -0.2) is 4.98 Å². The molecule has 5 rings (SSSR count). The molecule has 2 aromatic carbocycles. The maximum absolute atomic E-state index is 13.8. The number of amides is 5. The van der Waals surface area contributed by atoms with Crippen LogP contribution in [0.3, 0.4) is 0 Å². The molecule has 3 heterocycles. The number of H-pyrrole nitrogens is 1. The van der Waals surface area contributed by atoms with Gasteiger partial charge in [0.05, 0.1) is 24.1 Å². The minimum atomic E-state index is -0.770. The molecule has 3 atom stereocenters. The van der Waals surface area contributed by atoms with E-state index in [0.29, 0.717) is 76.1 Å². The van der Waals surface area contributed by atoms with Gasteiger partial charge in [0, 0.05) is 90.3 Å². The molecule has 0 spiro atoms. The number of imidazole rings is 1. The molecule has 5 amide bonds. The van der Waals surface area contributed by atoms with Crippen molar-refractivity contribution >= 4 is 46.3 Å². The average molecular weight is 929 g/mol. The molecule has 17 heteroatoms. The van der Waals surface area contributed by atoms with Crippen LogP contribution >= 0.6 is 0 Å². The molecule has 0 radical (unpaired) electrons. The number of aromatic nitrogens is 2. The summed E-state index contributed by atoms with van der Waals surface area (Å²) >= 11 is 0. The summed E-state index contributed by atoms with van der Waals surface area (Å²) in [6.07, 6.45) is 3.32. The van der Waals surface area contributed by atoms with Crippen molar-refractivity contribution in [2.45, 2.75) is 111 Å². The number of hydrogen-bond donors (Lipinski definition) is 5. The first kappa shape index (κ1) is 52.9. The van der Waals surface area contributed by atoms with E-state index in [1.807, 2.05) is 57.2 Å². The number of fused-ring (bicyclic) bond motifs is 2. The van der Waals surface area contributed by atoms with E-state index < -0.39 is 18.1 Å². The summed E-state index contributed by atoms with van der Waals surface area (Å²) in [5.74, 6) is -0.365. The van der Waals surface area contributed by atoms with Gasteiger partial charge in [0.1, 0.15) is 23.9 Å². The van der Waals surface area contributed by atoms with Crippen LogP contribution in [0.1, 0.15) is 102 Å². The summed E-state index contributed by atoms with van der Waals surface area (Å²) in [5.41, 5.74) is 3.92. The third kappa shape index (κ3) is 15.7. The summed E-state index contributed by atoms with van der Waals surface area (Å²) in [6.45, 7) is 24.2. The number of para-hydroxylation sites is 2. The van der Waals surface area contributed by atoms with Crippen LogP contribution in [0.5, 0.6) is 0 Å². The molecule has 17 nitrogen and oxygen atoms in total. The average Bonchev–Trinajstić information content (AvgIpc) is 3.68. The number of nitrogens with zero attached hydrogens (tertiary/aromatic N) is 7. The fraction of sp³-hybridized carbons (Fsp3) is 0.640. The molecule has 2 aliphatic heterocycles. The Morgan fingerprint density at radius 1 is 0.776 bits per heavy atom. The summed E-state index contributed by atoms with van der Waals surface area (Å²) in [5, 5.41) is 12.4. The highest BCUT2D eigenvalue weighted by Gasteiger charge is 2.30. The third-order valence-electron chi connectivity index (χ3n) is 13.2. The zero-order valence-electron chi connectivity index (χ0n) is 41.5. The van der Waals surface area contributed by atoms with Gasteiger partial charge in [-0.2, -0.15) is 0 Å². The van der Waals surface area contributed by atoms with Crippen LogP contribution in [0.4, 0.5) is 5.69 Å². The lowest BCUT2D eigenvalue weighted by Crippen LogP contribution is -2.55. The Hall–Kier alpha value is -5.10. The number of carbonyl (C=O) groups excluding carboxylic acids is 5. The second kappa shape index (κ2) is 27.0. The van der Waals surface area contributed by atoms with Crippen molar-refractivity contribution in [2.24, 2.45) is 0 Å². The number of anilines is 1. The molecule has 0 aliphatic carbocycles. The third-order valence-corrected chi connectivity index (χ3v) is 13.2. The predicted molar refractivity (Wildman–Crippen MR) is 266 cm³/mol. The first-order valence-corrected chi connectivity index (χ1v) is 25.0. The van der Waals surface area contributed by atoms with Crippen LogP contribution in [0.15, 0.2) is 42.5 Å². The second-order valence-corrected chi connectivity index (χ2v) is 18.1. The maximum atomic E-state index is 13.8. The lowest BCUT2D eigenvalue weighted by molar-refractivity contribution is -0.132. The Balaban J connectivity index is 1.14. The number of benzene rings is 2. The lowest BCUT2D eigenvalue weighted by Gasteiger charge is -2.33. The van der Waals surface area contributed by atoms with Gasteiger partial charge in [-0.1, -0.05) is 66.5 Å². The molecule has 1 fully saturated rings. The normalized spacial score (nSPS) is 18.2. The maximum Gasteiger partial charge on any atom is 0.254 e. The molecular weight excluding hydrogens is 849 g/mol. The fourth-order valence-electron chi connectivity index (χ4n) is 8.94. The van der Waals surface area contributed by atoms with Crippen LogP contribution in [0.25, 0.3) is 11.0 Å². The van der Waals surface area contributed by atoms with Gasteiger partial charge in [0.25, 0.3) is 5.91 Å². The zero-order chi connectivity index (χ0) is 48.3. The van der Waals surface area contributed by atoms with Gasteiger partial charge in [-0.15, -0.1) is 0 Å². The van der Waals surface area contributed by atoms with E-state index in [4.69, 9.17) is 0 Å². The van der Waals surface area contributed by atoms with E-state index in [2.05, 4.69) is 71.6 Å². The van der Waals surface area contributed by atoms with E-state index in [-0.39, 0.29) is 36.1 Å². The summed E-state index contributed by atoms with van der Waals surface area (Å²) in [4.78, 5) is 89.3. The van der Waals surface area contributed by atoms with Crippen LogP contribution < -0.4 is 21.3 Å². The molecule has 67 heavy (non-hydrogen) atoms. The van der Waals surface area contributed by atoms with Crippen molar-refractivity contribution in [3.63, 3.8) is 0 Å². The molecule has 5 N–H and O–H groups in total. The van der Waals surface area contributed by atoms with E-state index >= 15 is 0 Å². The smallest absolute Gasteiger partial charge is 0.254 e. The Bertz CT molecular complexity index is 2010. The van der Waals surface area contributed by atoms with Crippen LogP contribution in [0.2, 0.25) is 0 Å². The first-order valence-electron chi connectivity index (χ1n) is 25.0. The highest BCUT2D eigenvalue weighted by atomic mass is 16.2. The number of likely N-dealkylation sites (N-methyl/N-ethyl adjacent to an activating group) is 3. The largest absolute Gasteiger partial charge is 0.373 e. The molecular formula is C50H80N12O5. The van der Waals surface area contributed by atoms with Crippen molar-refractivity contribution in [1.29, 1.82) is 0 Å². The Kier molecular flexibility index (Phi) is 21.3. The molecule has 0 bridgehead atoms. The van der Waals surface area contributed by atoms with Gasteiger partial charge >= 0.3 is 0 Å². The van der Waals surface area contributed by atoms with Crippen molar-refractivity contribution in [1.82, 2.24) is 55.3 Å². The van der Waals surface area contributed by atoms with Crippen molar-refractivity contribution in [2.75, 3.05) is 104 Å². The number of aromatic amines is 1. The molecule has 2 aliphatic rings. The highest BCUT2D eigenvalue weighted by molar-refractivity contribution is 5.95. The Morgan fingerprint density at radius 2 is 1.37 bits per heavy atom. The van der Waals surface area contributed by atoms with Gasteiger partial charge in [-0.05, 0) is 81.2 Å². The van der Waals surface area contributed by atoms with Crippen molar-refractivity contribution < 1.29 is 24.0 Å². The Morgan fingerprint density at radius 3 is 1.96 bits per heavy atom. The quantitative estimate of drug-likeness (QED) is 0.0984. The van der Waals surface area contributed by atoms with Crippen LogP contribution in [-0.2, 0) is 32.3 Å². The van der Waals surface area contributed by atoms with Gasteiger partial charge in [0.15, 0.2) is 0 Å². The first-order chi connectivity index (χ1) is 32.4. The van der Waals surface area contributed by atoms with Gasteiger partial charge < -0.3 is 50.8 Å². The molecule has 1 saturated heterocycles. The molecule has 1 unspecified atom stereocenters. The highest BCUT2D eigenvalue weighted by Crippen LogP contribution is 2.26. The second-order valence-electron chi connectivity index (χ2n) is 18.1.